The molecule has 0 saturated carbocycles. The quantitative estimate of drug-likeness (QED) is 0.869. The summed E-state index contributed by atoms with van der Waals surface area (Å²) in [6, 6.07) is 6.09. The van der Waals surface area contributed by atoms with Crippen LogP contribution in [0, 0.1) is 13.8 Å². The van der Waals surface area contributed by atoms with Gasteiger partial charge in [-0.15, -0.1) is 11.8 Å². The van der Waals surface area contributed by atoms with Crippen LogP contribution >= 0.6 is 11.8 Å². The Hall–Kier alpha value is -1.00. The minimum absolute atomic E-state index is 0.188. The molecule has 4 heteroatoms. The molecular formula is C13H18N2OS. The molecule has 1 aromatic carbocycles. The number of hydrogen-bond donors (Lipinski definition) is 1. The molecule has 3 nitrogen and oxygen atoms in total. The standard InChI is InChI=1S/C13H18N2OS/c1-9-4-3-5-12(10(9)2)15-7-11(6-14)17-8-13(15)16/h3-5,11H,6-8,14H2,1-2H3. The molecule has 0 bridgehead atoms. The number of nitrogens with zero attached hydrogens (tertiary/aromatic N) is 1. The van der Waals surface area contributed by atoms with Gasteiger partial charge < -0.3 is 10.6 Å². The van der Waals surface area contributed by atoms with Crippen molar-refractivity contribution in [3.63, 3.8) is 0 Å². The Morgan fingerprint density at radius 3 is 2.94 bits per heavy atom. The second-order valence-electron chi connectivity index (χ2n) is 4.39. The van der Waals surface area contributed by atoms with Gasteiger partial charge in [-0.1, -0.05) is 12.1 Å². The second kappa shape index (κ2) is 5.10. The van der Waals surface area contributed by atoms with E-state index in [4.69, 9.17) is 5.73 Å². The Bertz CT molecular complexity index is 433. The zero-order chi connectivity index (χ0) is 12.4. The van der Waals surface area contributed by atoms with Crippen molar-refractivity contribution in [2.24, 2.45) is 5.73 Å². The minimum atomic E-state index is 0.188. The van der Waals surface area contributed by atoms with Gasteiger partial charge in [-0.25, -0.2) is 0 Å². The highest BCUT2D eigenvalue weighted by atomic mass is 32.2. The number of amides is 1. The van der Waals surface area contributed by atoms with E-state index in [-0.39, 0.29) is 5.91 Å². The lowest BCUT2D eigenvalue weighted by atomic mass is 10.1. The topological polar surface area (TPSA) is 46.3 Å². The van der Waals surface area contributed by atoms with Crippen LogP contribution in [0.5, 0.6) is 0 Å². The zero-order valence-electron chi connectivity index (χ0n) is 10.3. The smallest absolute Gasteiger partial charge is 0.237 e. The number of aryl methyl sites for hydroxylation is 1. The van der Waals surface area contributed by atoms with Crippen molar-refractivity contribution in [2.45, 2.75) is 19.1 Å². The molecule has 1 fully saturated rings. The molecule has 1 unspecified atom stereocenters. The first-order valence-electron chi connectivity index (χ1n) is 5.81. The second-order valence-corrected chi connectivity index (χ2v) is 5.68. The fourth-order valence-corrected chi connectivity index (χ4v) is 2.95. The van der Waals surface area contributed by atoms with Gasteiger partial charge >= 0.3 is 0 Å². The summed E-state index contributed by atoms with van der Waals surface area (Å²) in [4.78, 5) is 13.9. The van der Waals surface area contributed by atoms with Crippen LogP contribution in [0.4, 0.5) is 5.69 Å². The first kappa shape index (κ1) is 12.5. The van der Waals surface area contributed by atoms with Crippen molar-refractivity contribution >= 4 is 23.4 Å². The lowest BCUT2D eigenvalue weighted by molar-refractivity contribution is -0.116. The maximum absolute atomic E-state index is 12.0. The third-order valence-corrected chi connectivity index (χ3v) is 4.49. The van der Waals surface area contributed by atoms with Crippen LogP contribution in [0.1, 0.15) is 11.1 Å². The molecule has 1 aliphatic rings. The molecule has 0 spiro atoms. The van der Waals surface area contributed by atoms with E-state index in [0.717, 1.165) is 12.2 Å². The summed E-state index contributed by atoms with van der Waals surface area (Å²) in [6.45, 7) is 5.49. The fraction of sp³-hybridized carbons (Fsp3) is 0.462. The first-order valence-corrected chi connectivity index (χ1v) is 6.86. The average molecular weight is 250 g/mol. The monoisotopic (exact) mass is 250 g/mol. The third kappa shape index (κ3) is 2.48. The van der Waals surface area contributed by atoms with Crippen LogP contribution in [0.3, 0.4) is 0 Å². The van der Waals surface area contributed by atoms with Gasteiger partial charge in [0.25, 0.3) is 0 Å². The predicted molar refractivity (Wildman–Crippen MR) is 73.6 cm³/mol. The fourth-order valence-electron chi connectivity index (χ4n) is 2.03. The van der Waals surface area contributed by atoms with Crippen LogP contribution in [-0.2, 0) is 4.79 Å². The molecule has 2 rings (SSSR count). The summed E-state index contributed by atoms with van der Waals surface area (Å²) in [5, 5.41) is 0.354. The number of rotatable bonds is 2. The van der Waals surface area contributed by atoms with Gasteiger partial charge in [0.2, 0.25) is 5.91 Å². The number of thioether (sulfide) groups is 1. The van der Waals surface area contributed by atoms with Crippen LogP contribution in [0.15, 0.2) is 18.2 Å². The Balaban J connectivity index is 2.31. The SMILES string of the molecule is Cc1cccc(N2CC(CN)SCC2=O)c1C. The van der Waals surface area contributed by atoms with Gasteiger partial charge in [-0.3, -0.25) is 4.79 Å². The van der Waals surface area contributed by atoms with Crippen LogP contribution < -0.4 is 10.6 Å². The maximum atomic E-state index is 12.0. The van der Waals surface area contributed by atoms with E-state index in [9.17, 15) is 4.79 Å². The molecule has 0 radical (unpaired) electrons. The number of benzene rings is 1. The van der Waals surface area contributed by atoms with Gasteiger partial charge in [-0.2, -0.15) is 0 Å². The van der Waals surface area contributed by atoms with Crippen LogP contribution in [-0.4, -0.2) is 30.0 Å². The number of nitrogens with two attached hydrogens (primary N) is 1. The Labute approximate surface area is 106 Å². The van der Waals surface area contributed by atoms with Crippen molar-refractivity contribution in [1.82, 2.24) is 0 Å². The van der Waals surface area contributed by atoms with E-state index in [1.807, 2.05) is 17.0 Å². The summed E-state index contributed by atoms with van der Waals surface area (Å²) in [7, 11) is 0. The molecule has 17 heavy (non-hydrogen) atoms. The van der Waals surface area contributed by atoms with E-state index >= 15 is 0 Å². The van der Waals surface area contributed by atoms with Gasteiger partial charge in [0, 0.05) is 24.0 Å². The highest BCUT2D eigenvalue weighted by Crippen LogP contribution is 2.28. The number of hydrogen-bond acceptors (Lipinski definition) is 3. The first-order chi connectivity index (χ1) is 8.13. The lowest BCUT2D eigenvalue weighted by Crippen LogP contribution is -2.45. The molecule has 2 N–H and O–H groups in total. The van der Waals surface area contributed by atoms with E-state index in [0.29, 0.717) is 17.5 Å². The van der Waals surface area contributed by atoms with E-state index in [1.54, 1.807) is 11.8 Å². The highest BCUT2D eigenvalue weighted by molar-refractivity contribution is 8.00. The molecule has 1 aromatic rings. The molecular weight excluding hydrogens is 232 g/mol. The Morgan fingerprint density at radius 2 is 2.24 bits per heavy atom. The van der Waals surface area contributed by atoms with Gasteiger partial charge in [0.15, 0.2) is 0 Å². The van der Waals surface area contributed by atoms with E-state index in [1.165, 1.54) is 11.1 Å². The zero-order valence-corrected chi connectivity index (χ0v) is 11.1. The van der Waals surface area contributed by atoms with Crippen LogP contribution in [0.2, 0.25) is 0 Å². The lowest BCUT2D eigenvalue weighted by Gasteiger charge is -2.33. The van der Waals surface area contributed by atoms with Crippen LogP contribution in [0.25, 0.3) is 0 Å². The van der Waals surface area contributed by atoms with Crippen molar-refractivity contribution in [3.8, 4) is 0 Å². The summed E-state index contributed by atoms with van der Waals surface area (Å²) < 4.78 is 0. The van der Waals surface area contributed by atoms with Crippen molar-refractivity contribution in [3.05, 3.63) is 29.3 Å². The Morgan fingerprint density at radius 1 is 1.47 bits per heavy atom. The molecule has 0 aliphatic carbocycles. The molecule has 1 amide bonds. The van der Waals surface area contributed by atoms with Gasteiger partial charge in [0.05, 0.1) is 5.75 Å². The molecule has 1 saturated heterocycles. The summed E-state index contributed by atoms with van der Waals surface area (Å²) >= 11 is 1.66. The summed E-state index contributed by atoms with van der Waals surface area (Å²) in [5.41, 5.74) is 9.14. The predicted octanol–water partition coefficient (Wildman–Crippen LogP) is 1.71. The van der Waals surface area contributed by atoms with E-state index in [2.05, 4.69) is 19.9 Å². The molecule has 0 aromatic heterocycles. The van der Waals surface area contributed by atoms with Gasteiger partial charge in [0.1, 0.15) is 0 Å². The summed E-state index contributed by atoms with van der Waals surface area (Å²) in [6.07, 6.45) is 0. The normalized spacial score (nSPS) is 20.8. The number of carbonyl (C=O) groups is 1. The highest BCUT2D eigenvalue weighted by Gasteiger charge is 2.27. The minimum Gasteiger partial charge on any atom is -0.329 e. The van der Waals surface area contributed by atoms with Crippen molar-refractivity contribution < 1.29 is 4.79 Å². The number of anilines is 1. The molecule has 1 atom stereocenters. The average Bonchev–Trinajstić information content (AvgIpc) is 2.34. The maximum Gasteiger partial charge on any atom is 0.237 e. The third-order valence-electron chi connectivity index (χ3n) is 3.26. The van der Waals surface area contributed by atoms with Crippen molar-refractivity contribution in [2.75, 3.05) is 23.7 Å². The largest absolute Gasteiger partial charge is 0.329 e. The molecule has 1 heterocycles. The summed E-state index contributed by atoms with van der Waals surface area (Å²) in [5.74, 6) is 0.725. The molecule has 92 valence electrons. The van der Waals surface area contributed by atoms with E-state index < -0.39 is 0 Å². The number of carbonyl (C=O) groups excluding carboxylic acids is 1. The Kier molecular flexibility index (Phi) is 3.74. The van der Waals surface area contributed by atoms with Gasteiger partial charge in [-0.05, 0) is 31.0 Å². The molecule has 1 aliphatic heterocycles. The van der Waals surface area contributed by atoms with Crippen molar-refractivity contribution in [1.29, 1.82) is 0 Å².